The number of aryl methyl sites for hydroxylation is 1. The van der Waals surface area contributed by atoms with E-state index in [-0.39, 0.29) is 11.9 Å². The molecule has 0 radical (unpaired) electrons. The number of carbonyl (C=O) groups excluding carboxylic acids is 1. The van der Waals surface area contributed by atoms with Gasteiger partial charge >= 0.3 is 0 Å². The number of carbonyl (C=O) groups is 1. The van der Waals surface area contributed by atoms with Crippen molar-refractivity contribution in [2.75, 3.05) is 0 Å². The molecular weight excluding hydrogens is 390 g/mol. The topological polar surface area (TPSA) is 20.3 Å². The minimum absolute atomic E-state index is 0.109. The molecule has 1 amide bonds. The van der Waals surface area contributed by atoms with Crippen LogP contribution in [0.3, 0.4) is 0 Å². The van der Waals surface area contributed by atoms with Crippen LogP contribution in [-0.2, 0) is 19.4 Å². The molecule has 1 unspecified atom stereocenters. The number of rotatable bonds is 5. The van der Waals surface area contributed by atoms with E-state index in [2.05, 4.69) is 59.5 Å². The van der Waals surface area contributed by atoms with E-state index in [1.807, 2.05) is 54.6 Å². The van der Waals surface area contributed by atoms with Gasteiger partial charge < -0.3 is 4.90 Å². The van der Waals surface area contributed by atoms with Gasteiger partial charge in [-0.05, 0) is 53.1 Å². The number of benzene rings is 4. The monoisotopic (exact) mass is 417 g/mol. The Labute approximate surface area is 190 Å². The van der Waals surface area contributed by atoms with Crippen molar-refractivity contribution in [3.05, 3.63) is 131 Å². The normalized spacial score (nSPS) is 15.1. The molecule has 158 valence electrons. The third-order valence-corrected chi connectivity index (χ3v) is 6.46. The summed E-state index contributed by atoms with van der Waals surface area (Å²) in [4.78, 5) is 16.2. The molecule has 0 N–H and O–H groups in total. The summed E-state index contributed by atoms with van der Waals surface area (Å²) >= 11 is 0. The van der Waals surface area contributed by atoms with Crippen molar-refractivity contribution in [1.82, 2.24) is 4.90 Å². The van der Waals surface area contributed by atoms with Gasteiger partial charge in [0.2, 0.25) is 0 Å². The summed E-state index contributed by atoms with van der Waals surface area (Å²) in [5.74, 6) is 0.109. The van der Waals surface area contributed by atoms with Crippen LogP contribution in [0.2, 0.25) is 0 Å². The zero-order chi connectivity index (χ0) is 21.8. The quantitative estimate of drug-likeness (QED) is 0.360. The first-order valence-corrected chi connectivity index (χ1v) is 11.4. The molecule has 0 heterocycles. The van der Waals surface area contributed by atoms with Crippen LogP contribution >= 0.6 is 0 Å². The van der Waals surface area contributed by atoms with Gasteiger partial charge in [-0.1, -0.05) is 103 Å². The van der Waals surface area contributed by atoms with Gasteiger partial charge in [-0.25, -0.2) is 0 Å². The minimum Gasteiger partial charge on any atom is -0.331 e. The van der Waals surface area contributed by atoms with Gasteiger partial charge in [0.25, 0.3) is 5.91 Å². The molecule has 0 spiro atoms. The smallest absolute Gasteiger partial charge is 0.255 e. The highest BCUT2D eigenvalue weighted by molar-refractivity contribution is 6.01. The second-order valence-electron chi connectivity index (χ2n) is 8.50. The molecule has 0 aromatic heterocycles. The molecular formula is C30H27NO. The molecule has 4 aromatic rings. The van der Waals surface area contributed by atoms with Crippen molar-refractivity contribution in [1.29, 1.82) is 0 Å². The van der Waals surface area contributed by atoms with Crippen molar-refractivity contribution in [3.8, 4) is 11.1 Å². The van der Waals surface area contributed by atoms with Crippen molar-refractivity contribution in [3.63, 3.8) is 0 Å². The lowest BCUT2D eigenvalue weighted by molar-refractivity contribution is 0.0644. The molecule has 4 aromatic carbocycles. The van der Waals surface area contributed by atoms with Crippen LogP contribution in [0.1, 0.15) is 33.5 Å². The predicted octanol–water partition coefficient (Wildman–Crippen LogP) is 6.55. The van der Waals surface area contributed by atoms with Gasteiger partial charge in [0.1, 0.15) is 0 Å². The molecule has 0 aliphatic heterocycles. The van der Waals surface area contributed by atoms with Crippen LogP contribution < -0.4 is 0 Å². The highest BCUT2D eigenvalue weighted by Crippen LogP contribution is 2.30. The van der Waals surface area contributed by atoms with Crippen molar-refractivity contribution in [2.45, 2.75) is 31.8 Å². The lowest BCUT2D eigenvalue weighted by Gasteiger charge is -2.36. The molecule has 1 atom stereocenters. The second kappa shape index (κ2) is 9.23. The lowest BCUT2D eigenvalue weighted by atomic mass is 9.86. The number of hydrogen-bond donors (Lipinski definition) is 0. The average molecular weight is 418 g/mol. The Balaban J connectivity index is 1.52. The molecule has 5 rings (SSSR count). The zero-order valence-electron chi connectivity index (χ0n) is 18.2. The van der Waals surface area contributed by atoms with Crippen molar-refractivity contribution >= 4 is 5.91 Å². The van der Waals surface area contributed by atoms with Gasteiger partial charge in [-0.3, -0.25) is 4.79 Å². The van der Waals surface area contributed by atoms with E-state index in [0.29, 0.717) is 6.54 Å². The molecule has 1 aliphatic carbocycles. The molecule has 0 saturated heterocycles. The van der Waals surface area contributed by atoms with Gasteiger partial charge in [0.05, 0.1) is 0 Å². The maximum absolute atomic E-state index is 14.1. The highest BCUT2D eigenvalue weighted by atomic mass is 16.2. The Bertz CT molecular complexity index is 1200. The summed E-state index contributed by atoms with van der Waals surface area (Å²) in [6, 6.07) is 37.4. The van der Waals surface area contributed by atoms with Crippen LogP contribution in [0.15, 0.2) is 109 Å². The number of hydrogen-bond acceptors (Lipinski definition) is 1. The van der Waals surface area contributed by atoms with Gasteiger partial charge in [0, 0.05) is 18.2 Å². The molecule has 2 nitrogen and oxygen atoms in total. The van der Waals surface area contributed by atoms with E-state index < -0.39 is 0 Å². The maximum atomic E-state index is 14.1. The summed E-state index contributed by atoms with van der Waals surface area (Å²) in [7, 11) is 0. The summed E-state index contributed by atoms with van der Waals surface area (Å²) in [6.45, 7) is 0.621. The van der Waals surface area contributed by atoms with E-state index in [4.69, 9.17) is 0 Å². The Morgan fingerprint density at radius 2 is 1.34 bits per heavy atom. The Kier molecular flexibility index (Phi) is 5.85. The summed E-state index contributed by atoms with van der Waals surface area (Å²) in [5.41, 5.74) is 6.79. The fourth-order valence-corrected chi connectivity index (χ4v) is 4.79. The summed E-state index contributed by atoms with van der Waals surface area (Å²) in [5, 5.41) is 0. The van der Waals surface area contributed by atoms with E-state index in [1.165, 1.54) is 11.1 Å². The molecule has 1 aliphatic rings. The molecule has 0 bridgehead atoms. The second-order valence-corrected chi connectivity index (χ2v) is 8.50. The van der Waals surface area contributed by atoms with E-state index in [1.54, 1.807) is 0 Å². The SMILES string of the molecule is O=C(c1ccccc1-c1ccccc1)N(Cc1ccccc1)C1CCc2ccccc2C1. The van der Waals surface area contributed by atoms with Crippen LogP contribution in [-0.4, -0.2) is 16.8 Å². The fourth-order valence-electron chi connectivity index (χ4n) is 4.79. The first-order valence-electron chi connectivity index (χ1n) is 11.4. The third kappa shape index (κ3) is 4.22. The highest BCUT2D eigenvalue weighted by Gasteiger charge is 2.29. The Hall–Kier alpha value is -3.65. The Morgan fingerprint density at radius 3 is 2.12 bits per heavy atom. The number of amides is 1. The first kappa shape index (κ1) is 20.3. The minimum atomic E-state index is 0.109. The van der Waals surface area contributed by atoms with Gasteiger partial charge in [-0.2, -0.15) is 0 Å². The lowest BCUT2D eigenvalue weighted by Crippen LogP contribution is -2.43. The third-order valence-electron chi connectivity index (χ3n) is 6.46. The van der Waals surface area contributed by atoms with E-state index in [9.17, 15) is 4.79 Å². The molecule has 0 fully saturated rings. The molecule has 32 heavy (non-hydrogen) atoms. The molecule has 0 saturated carbocycles. The van der Waals surface area contributed by atoms with Gasteiger partial charge in [-0.15, -0.1) is 0 Å². The van der Waals surface area contributed by atoms with E-state index in [0.717, 1.165) is 41.5 Å². The predicted molar refractivity (Wildman–Crippen MR) is 130 cm³/mol. The van der Waals surface area contributed by atoms with Crippen LogP contribution in [0.4, 0.5) is 0 Å². The van der Waals surface area contributed by atoms with E-state index >= 15 is 0 Å². The first-order chi connectivity index (χ1) is 15.8. The molecule has 2 heteroatoms. The van der Waals surface area contributed by atoms with Crippen molar-refractivity contribution in [2.24, 2.45) is 0 Å². The van der Waals surface area contributed by atoms with Crippen molar-refractivity contribution < 1.29 is 4.79 Å². The van der Waals surface area contributed by atoms with Crippen LogP contribution in [0, 0.1) is 0 Å². The summed E-state index contributed by atoms with van der Waals surface area (Å²) < 4.78 is 0. The van der Waals surface area contributed by atoms with Crippen LogP contribution in [0.25, 0.3) is 11.1 Å². The van der Waals surface area contributed by atoms with Crippen LogP contribution in [0.5, 0.6) is 0 Å². The average Bonchev–Trinajstić information content (AvgIpc) is 2.88. The Morgan fingerprint density at radius 1 is 0.719 bits per heavy atom. The summed E-state index contributed by atoms with van der Waals surface area (Å²) in [6.07, 6.45) is 2.91. The fraction of sp³-hybridized carbons (Fsp3) is 0.167. The zero-order valence-corrected chi connectivity index (χ0v) is 18.2. The number of fused-ring (bicyclic) bond motifs is 1. The standard InChI is InChI=1S/C30H27NO/c32-30(29-18-10-9-17-28(29)25-14-5-2-6-15-25)31(22-23-11-3-1-4-12-23)27-20-19-24-13-7-8-16-26(24)21-27/h1-18,27H,19-22H2. The van der Waals surface area contributed by atoms with Gasteiger partial charge in [0.15, 0.2) is 0 Å². The largest absolute Gasteiger partial charge is 0.331 e. The maximum Gasteiger partial charge on any atom is 0.255 e. The number of nitrogens with zero attached hydrogens (tertiary/aromatic N) is 1.